The number of carbonyl (C=O) groups is 3. The molecular formula is C27H47Br3O6. The molecule has 0 aromatic carbocycles. The summed E-state index contributed by atoms with van der Waals surface area (Å²) >= 11 is 10.3. The van der Waals surface area contributed by atoms with Crippen molar-refractivity contribution in [1.82, 2.24) is 0 Å². The molecule has 3 atom stereocenters. The van der Waals surface area contributed by atoms with Gasteiger partial charge in [-0.1, -0.05) is 75.5 Å². The van der Waals surface area contributed by atoms with Gasteiger partial charge < -0.3 is 14.2 Å². The lowest BCUT2D eigenvalue weighted by molar-refractivity contribution is -0.175. The van der Waals surface area contributed by atoms with Crippen molar-refractivity contribution in [2.24, 2.45) is 39.4 Å². The Labute approximate surface area is 244 Å². The number of carbonyl (C=O) groups excluding carboxylic acids is 3. The molecule has 0 spiro atoms. The van der Waals surface area contributed by atoms with Crippen LogP contribution in [0.25, 0.3) is 0 Å². The summed E-state index contributed by atoms with van der Waals surface area (Å²) in [5, 5.41) is 1.97. The number of hydrogen-bond acceptors (Lipinski definition) is 6. The lowest BCUT2D eigenvalue weighted by Crippen LogP contribution is -2.45. The van der Waals surface area contributed by atoms with E-state index in [4.69, 9.17) is 14.2 Å². The fourth-order valence-electron chi connectivity index (χ4n) is 2.83. The zero-order valence-corrected chi connectivity index (χ0v) is 28.5. The molecule has 0 aliphatic rings. The van der Waals surface area contributed by atoms with Gasteiger partial charge >= 0.3 is 17.9 Å². The van der Waals surface area contributed by atoms with Gasteiger partial charge in [0.2, 0.25) is 0 Å². The summed E-state index contributed by atoms with van der Waals surface area (Å²) in [5.74, 6) is -0.872. The van der Waals surface area contributed by atoms with Gasteiger partial charge in [0, 0.05) is 16.0 Å². The summed E-state index contributed by atoms with van der Waals surface area (Å²) in [4.78, 5) is 39.0. The van der Waals surface area contributed by atoms with Crippen LogP contribution in [0.1, 0.15) is 75.7 Å². The molecule has 6 nitrogen and oxygen atoms in total. The van der Waals surface area contributed by atoms with E-state index in [-0.39, 0.29) is 55.5 Å². The van der Waals surface area contributed by atoms with E-state index >= 15 is 0 Å². The van der Waals surface area contributed by atoms with Gasteiger partial charge in [0.25, 0.3) is 0 Å². The Morgan fingerprint density at radius 2 is 0.806 bits per heavy atom. The van der Waals surface area contributed by atoms with Gasteiger partial charge in [-0.2, -0.15) is 0 Å². The molecule has 0 aromatic rings. The van der Waals surface area contributed by atoms with Crippen molar-refractivity contribution in [3.8, 4) is 0 Å². The fraction of sp³-hybridized carbons (Fsp3) is 0.889. The lowest BCUT2D eigenvalue weighted by atomic mass is 9.80. The summed E-state index contributed by atoms with van der Waals surface area (Å²) in [6.07, 6.45) is 0.484. The van der Waals surface area contributed by atoms with Crippen LogP contribution in [-0.4, -0.2) is 53.7 Å². The highest BCUT2D eigenvalue weighted by Crippen LogP contribution is 2.35. The molecule has 0 fully saturated rings. The molecule has 0 N–H and O–H groups in total. The number of alkyl halides is 3. The Morgan fingerprint density at radius 1 is 0.583 bits per heavy atom. The number of halogens is 3. The third-order valence-corrected chi connectivity index (χ3v) is 11.2. The SMILES string of the molecule is CCC(COC(=O)C(C)(C)C(C)CBr)(COC(=O)C(C)(C)C(C)CBr)COC(=O)C(C)(C)C(C)CBr. The van der Waals surface area contributed by atoms with Crippen molar-refractivity contribution < 1.29 is 28.6 Å². The first kappa shape index (κ1) is 35.9. The van der Waals surface area contributed by atoms with E-state index in [1.807, 2.05) is 69.2 Å². The van der Waals surface area contributed by atoms with Crippen molar-refractivity contribution in [3.63, 3.8) is 0 Å². The predicted molar refractivity (Wildman–Crippen MR) is 156 cm³/mol. The van der Waals surface area contributed by atoms with E-state index in [1.54, 1.807) is 0 Å². The van der Waals surface area contributed by atoms with E-state index in [1.165, 1.54) is 0 Å². The molecule has 0 bridgehead atoms. The summed E-state index contributed by atoms with van der Waals surface area (Å²) in [7, 11) is 0. The van der Waals surface area contributed by atoms with Gasteiger partial charge in [0.05, 0.1) is 21.7 Å². The van der Waals surface area contributed by atoms with Crippen LogP contribution < -0.4 is 0 Å². The lowest BCUT2D eigenvalue weighted by Gasteiger charge is -2.36. The maximum atomic E-state index is 13.0. The van der Waals surface area contributed by atoms with Crippen LogP contribution >= 0.6 is 47.8 Å². The minimum atomic E-state index is -0.865. The van der Waals surface area contributed by atoms with Crippen molar-refractivity contribution in [1.29, 1.82) is 0 Å². The van der Waals surface area contributed by atoms with Gasteiger partial charge in [-0.25, -0.2) is 0 Å². The fourth-order valence-corrected chi connectivity index (χ4v) is 5.26. The van der Waals surface area contributed by atoms with E-state index in [9.17, 15) is 14.4 Å². The molecule has 0 aliphatic heterocycles. The topological polar surface area (TPSA) is 78.9 Å². The number of rotatable bonds is 16. The Morgan fingerprint density at radius 3 is 0.972 bits per heavy atom. The van der Waals surface area contributed by atoms with Crippen LogP contribution in [0.4, 0.5) is 0 Å². The molecule has 0 saturated carbocycles. The number of hydrogen-bond donors (Lipinski definition) is 0. The standard InChI is InChI=1S/C27H47Br3O6/c1-11-27(15-34-21(31)24(5,6)18(2)12-28,16-35-22(32)25(7,8)19(3)13-29)17-36-23(33)26(9,10)20(4)14-30/h18-20H,11-17H2,1-10H3. The molecular weight excluding hydrogens is 660 g/mol. The molecule has 0 aromatic heterocycles. The monoisotopic (exact) mass is 704 g/mol. The Bertz CT molecular complexity index is 642. The molecule has 0 saturated heterocycles. The summed E-state index contributed by atoms with van der Waals surface area (Å²) in [6.45, 7) is 18.9. The predicted octanol–water partition coefficient (Wildman–Crippen LogP) is 7.18. The zero-order chi connectivity index (χ0) is 28.5. The zero-order valence-electron chi connectivity index (χ0n) is 23.8. The second-order valence-electron chi connectivity index (χ2n) is 11.9. The van der Waals surface area contributed by atoms with Crippen LogP contribution in [0.15, 0.2) is 0 Å². The maximum Gasteiger partial charge on any atom is 0.311 e. The van der Waals surface area contributed by atoms with Crippen molar-refractivity contribution in [2.45, 2.75) is 75.7 Å². The molecule has 3 unspecified atom stereocenters. The Kier molecular flexibility index (Phi) is 14.8. The first-order valence-electron chi connectivity index (χ1n) is 12.6. The molecule has 0 heterocycles. The third-order valence-electron chi connectivity index (χ3n) is 8.25. The second-order valence-corrected chi connectivity index (χ2v) is 13.9. The van der Waals surface area contributed by atoms with Gasteiger partial charge in [-0.15, -0.1) is 0 Å². The van der Waals surface area contributed by atoms with Gasteiger partial charge in [0.15, 0.2) is 0 Å². The van der Waals surface area contributed by atoms with E-state index in [0.29, 0.717) is 22.4 Å². The largest absolute Gasteiger partial charge is 0.464 e. The molecule has 0 aliphatic carbocycles. The highest BCUT2D eigenvalue weighted by molar-refractivity contribution is 9.09. The first-order valence-corrected chi connectivity index (χ1v) is 16.0. The molecule has 0 radical (unpaired) electrons. The summed E-state index contributed by atoms with van der Waals surface area (Å²) in [6, 6.07) is 0. The van der Waals surface area contributed by atoms with Crippen LogP contribution in [0, 0.1) is 39.4 Å². The van der Waals surface area contributed by atoms with E-state index < -0.39 is 21.7 Å². The minimum absolute atomic E-state index is 0.0236. The van der Waals surface area contributed by atoms with Crippen LogP contribution in [0.3, 0.4) is 0 Å². The third kappa shape index (κ3) is 9.25. The maximum absolute atomic E-state index is 13.0. The first-order chi connectivity index (χ1) is 16.4. The van der Waals surface area contributed by atoms with Crippen LogP contribution in [0.2, 0.25) is 0 Å². The highest BCUT2D eigenvalue weighted by Gasteiger charge is 2.42. The Balaban J connectivity index is 5.85. The van der Waals surface area contributed by atoms with Crippen LogP contribution in [0.5, 0.6) is 0 Å². The van der Waals surface area contributed by atoms with E-state index in [2.05, 4.69) is 47.8 Å². The molecule has 0 amide bonds. The normalized spacial score (nSPS) is 16.9. The quantitative estimate of drug-likeness (QED) is 0.0962. The van der Waals surface area contributed by atoms with Crippen LogP contribution in [-0.2, 0) is 28.6 Å². The average molecular weight is 707 g/mol. The van der Waals surface area contributed by atoms with Crippen molar-refractivity contribution >= 4 is 65.7 Å². The van der Waals surface area contributed by atoms with Gasteiger partial charge in [-0.05, 0) is 65.7 Å². The average Bonchev–Trinajstić information content (AvgIpc) is 2.85. The van der Waals surface area contributed by atoms with Crippen molar-refractivity contribution in [3.05, 3.63) is 0 Å². The number of esters is 3. The van der Waals surface area contributed by atoms with Gasteiger partial charge in [-0.3, -0.25) is 14.4 Å². The summed E-state index contributed by atoms with van der Waals surface area (Å²) < 4.78 is 17.4. The number of ether oxygens (including phenoxy) is 3. The molecule has 212 valence electrons. The van der Waals surface area contributed by atoms with E-state index in [0.717, 1.165) is 0 Å². The highest BCUT2D eigenvalue weighted by atomic mass is 79.9. The second kappa shape index (κ2) is 14.9. The smallest absolute Gasteiger partial charge is 0.311 e. The molecule has 36 heavy (non-hydrogen) atoms. The minimum Gasteiger partial charge on any atom is -0.464 e. The molecule has 0 rings (SSSR count). The Hall–Kier alpha value is -0.150. The van der Waals surface area contributed by atoms with Crippen molar-refractivity contribution in [2.75, 3.05) is 35.8 Å². The van der Waals surface area contributed by atoms with Gasteiger partial charge in [0.1, 0.15) is 19.8 Å². The molecule has 9 heteroatoms. The summed E-state index contributed by atoms with van der Waals surface area (Å²) in [5.41, 5.74) is -3.00.